The van der Waals surface area contributed by atoms with Gasteiger partial charge >= 0.3 is 0 Å². The van der Waals surface area contributed by atoms with Crippen LogP contribution in [0.2, 0.25) is 0 Å². The second-order valence-corrected chi connectivity index (χ2v) is 5.50. The van der Waals surface area contributed by atoms with Crippen LogP contribution < -0.4 is 5.32 Å². The Morgan fingerprint density at radius 1 is 1.41 bits per heavy atom. The summed E-state index contributed by atoms with van der Waals surface area (Å²) in [6.45, 7) is 6.11. The Kier molecular flexibility index (Phi) is 4.51. The Labute approximate surface area is 102 Å². The van der Waals surface area contributed by atoms with E-state index in [0.29, 0.717) is 6.54 Å². The average Bonchev–Trinajstić information content (AvgIpc) is 2.71. The number of hydrogen-bond donors (Lipinski definition) is 2. The molecule has 0 aromatic heterocycles. The van der Waals surface area contributed by atoms with Crippen LogP contribution in [0.4, 0.5) is 0 Å². The number of carbonyl (C=O) groups is 2. The molecule has 2 N–H and O–H groups in total. The second kappa shape index (κ2) is 5.49. The summed E-state index contributed by atoms with van der Waals surface area (Å²) >= 11 is 0. The Hall–Kier alpha value is -1.10. The van der Waals surface area contributed by atoms with E-state index >= 15 is 0 Å². The van der Waals surface area contributed by atoms with Gasteiger partial charge in [0.25, 0.3) is 0 Å². The maximum Gasteiger partial charge on any atom is 0.242 e. The van der Waals surface area contributed by atoms with Crippen LogP contribution >= 0.6 is 0 Å². The molecule has 5 heteroatoms. The molecule has 1 rings (SSSR count). The van der Waals surface area contributed by atoms with Gasteiger partial charge in [-0.1, -0.05) is 20.8 Å². The van der Waals surface area contributed by atoms with E-state index < -0.39 is 5.41 Å². The van der Waals surface area contributed by atoms with E-state index in [-0.39, 0.29) is 31.0 Å². The number of carbonyl (C=O) groups excluding carboxylic acids is 2. The number of hydrogen-bond acceptors (Lipinski definition) is 3. The predicted octanol–water partition coefficient (Wildman–Crippen LogP) is 0.132. The molecule has 5 nitrogen and oxygen atoms in total. The summed E-state index contributed by atoms with van der Waals surface area (Å²) < 4.78 is 0. The molecule has 0 aliphatic carbocycles. The highest BCUT2D eigenvalue weighted by Gasteiger charge is 2.29. The summed E-state index contributed by atoms with van der Waals surface area (Å²) in [5.41, 5.74) is -0.484. The van der Waals surface area contributed by atoms with E-state index in [1.807, 2.05) is 0 Å². The summed E-state index contributed by atoms with van der Waals surface area (Å²) in [5.74, 6) is -0.246. The average molecular weight is 242 g/mol. The maximum absolute atomic E-state index is 11.8. The predicted molar refractivity (Wildman–Crippen MR) is 64.3 cm³/mol. The smallest absolute Gasteiger partial charge is 0.242 e. The normalized spacial score (nSPS) is 20.5. The van der Waals surface area contributed by atoms with Crippen LogP contribution in [-0.2, 0) is 9.59 Å². The second-order valence-electron chi connectivity index (χ2n) is 5.50. The van der Waals surface area contributed by atoms with Crippen molar-refractivity contribution in [3.05, 3.63) is 0 Å². The van der Waals surface area contributed by atoms with Crippen LogP contribution in [0.3, 0.4) is 0 Å². The molecule has 1 unspecified atom stereocenters. The number of nitrogens with zero attached hydrogens (tertiary/aromatic N) is 1. The molecular formula is C12H22N2O3. The van der Waals surface area contributed by atoms with Gasteiger partial charge < -0.3 is 15.3 Å². The molecule has 0 radical (unpaired) electrons. The molecule has 1 saturated heterocycles. The highest BCUT2D eigenvalue weighted by molar-refractivity contribution is 5.87. The van der Waals surface area contributed by atoms with Gasteiger partial charge in [-0.3, -0.25) is 9.59 Å². The Morgan fingerprint density at radius 3 is 2.59 bits per heavy atom. The number of rotatable bonds is 3. The lowest BCUT2D eigenvalue weighted by molar-refractivity contribution is -0.136. The molecule has 0 aromatic rings. The highest BCUT2D eigenvalue weighted by atomic mass is 16.3. The molecule has 0 saturated carbocycles. The van der Waals surface area contributed by atoms with E-state index in [2.05, 4.69) is 5.32 Å². The fourth-order valence-corrected chi connectivity index (χ4v) is 1.88. The van der Waals surface area contributed by atoms with Gasteiger partial charge in [0, 0.05) is 12.0 Å². The molecule has 98 valence electrons. The minimum atomic E-state index is -0.484. The molecule has 0 spiro atoms. The minimum Gasteiger partial charge on any atom is -0.394 e. The highest BCUT2D eigenvalue weighted by Crippen LogP contribution is 2.16. The maximum atomic E-state index is 11.8. The first-order valence-corrected chi connectivity index (χ1v) is 6.05. The number of amides is 2. The fourth-order valence-electron chi connectivity index (χ4n) is 1.88. The Morgan fingerprint density at radius 2 is 2.06 bits per heavy atom. The van der Waals surface area contributed by atoms with Crippen molar-refractivity contribution in [1.29, 1.82) is 0 Å². The molecule has 1 aliphatic rings. The first-order chi connectivity index (χ1) is 7.86. The van der Waals surface area contributed by atoms with Crippen molar-refractivity contribution in [3.63, 3.8) is 0 Å². The van der Waals surface area contributed by atoms with Crippen LogP contribution in [0, 0.1) is 5.41 Å². The van der Waals surface area contributed by atoms with Crippen LogP contribution in [0.1, 0.15) is 33.6 Å². The number of nitrogens with one attached hydrogen (secondary N) is 1. The number of aliphatic hydroxyl groups excluding tert-OH is 1. The molecule has 1 atom stereocenters. The molecule has 1 fully saturated rings. The summed E-state index contributed by atoms with van der Waals surface area (Å²) in [4.78, 5) is 25.1. The van der Waals surface area contributed by atoms with Gasteiger partial charge in [-0.15, -0.1) is 0 Å². The molecule has 1 heterocycles. The van der Waals surface area contributed by atoms with Crippen molar-refractivity contribution in [2.24, 2.45) is 5.41 Å². The van der Waals surface area contributed by atoms with Crippen molar-refractivity contribution in [2.45, 2.75) is 39.7 Å². The Bertz CT molecular complexity index is 297. The first-order valence-electron chi connectivity index (χ1n) is 6.05. The SMILES string of the molecule is CC(C)(C)C(=O)NCC(=O)N1CCCC1CO. The van der Waals surface area contributed by atoms with E-state index in [4.69, 9.17) is 5.11 Å². The molecule has 0 bridgehead atoms. The van der Waals surface area contributed by atoms with Crippen molar-refractivity contribution >= 4 is 11.8 Å². The minimum absolute atomic E-state index is 0.00103. The largest absolute Gasteiger partial charge is 0.394 e. The summed E-state index contributed by atoms with van der Waals surface area (Å²) in [5, 5.41) is 11.7. The van der Waals surface area contributed by atoms with Crippen LogP contribution in [0.5, 0.6) is 0 Å². The molecule has 2 amide bonds. The van der Waals surface area contributed by atoms with Gasteiger partial charge in [-0.2, -0.15) is 0 Å². The van der Waals surface area contributed by atoms with Gasteiger partial charge in [0.1, 0.15) is 0 Å². The third-order valence-corrected chi connectivity index (χ3v) is 2.99. The van der Waals surface area contributed by atoms with Crippen molar-refractivity contribution in [3.8, 4) is 0 Å². The van der Waals surface area contributed by atoms with Crippen molar-refractivity contribution in [1.82, 2.24) is 10.2 Å². The third kappa shape index (κ3) is 3.70. The summed E-state index contributed by atoms with van der Waals surface area (Å²) in [6, 6.07) is -0.0750. The quantitative estimate of drug-likeness (QED) is 0.739. The first kappa shape index (κ1) is 14.0. The van der Waals surface area contributed by atoms with E-state index in [1.165, 1.54) is 0 Å². The molecule has 1 aliphatic heterocycles. The van der Waals surface area contributed by atoms with Gasteiger partial charge in [0.05, 0.1) is 19.2 Å². The van der Waals surface area contributed by atoms with Crippen LogP contribution in [0.15, 0.2) is 0 Å². The lowest BCUT2D eigenvalue weighted by atomic mass is 9.96. The van der Waals surface area contributed by atoms with E-state index in [9.17, 15) is 9.59 Å². The van der Waals surface area contributed by atoms with Gasteiger partial charge in [-0.05, 0) is 12.8 Å². The third-order valence-electron chi connectivity index (χ3n) is 2.99. The van der Waals surface area contributed by atoms with Crippen LogP contribution in [-0.4, -0.2) is 47.6 Å². The van der Waals surface area contributed by atoms with Crippen LogP contribution in [0.25, 0.3) is 0 Å². The topological polar surface area (TPSA) is 69.6 Å². The Balaban J connectivity index is 2.42. The van der Waals surface area contributed by atoms with Crippen molar-refractivity contribution < 1.29 is 14.7 Å². The zero-order chi connectivity index (χ0) is 13.1. The zero-order valence-corrected chi connectivity index (χ0v) is 10.8. The van der Waals surface area contributed by atoms with Gasteiger partial charge in [0.2, 0.25) is 11.8 Å². The van der Waals surface area contributed by atoms with Gasteiger partial charge in [-0.25, -0.2) is 0 Å². The van der Waals surface area contributed by atoms with E-state index in [0.717, 1.165) is 12.8 Å². The summed E-state index contributed by atoms with van der Waals surface area (Å²) in [6.07, 6.45) is 1.76. The van der Waals surface area contributed by atoms with Crippen molar-refractivity contribution in [2.75, 3.05) is 19.7 Å². The van der Waals surface area contributed by atoms with Gasteiger partial charge in [0.15, 0.2) is 0 Å². The number of aliphatic hydroxyl groups is 1. The monoisotopic (exact) mass is 242 g/mol. The summed E-state index contributed by atoms with van der Waals surface area (Å²) in [7, 11) is 0. The standard InChI is InChI=1S/C12H22N2O3/c1-12(2,3)11(17)13-7-10(16)14-6-4-5-9(14)8-15/h9,15H,4-8H2,1-3H3,(H,13,17). The zero-order valence-electron chi connectivity index (χ0n) is 10.8. The molecule has 0 aromatic carbocycles. The lowest BCUT2D eigenvalue weighted by Crippen LogP contribution is -2.45. The van der Waals surface area contributed by atoms with E-state index in [1.54, 1.807) is 25.7 Å². The molecular weight excluding hydrogens is 220 g/mol. The lowest BCUT2D eigenvalue weighted by Gasteiger charge is -2.24. The number of likely N-dealkylation sites (tertiary alicyclic amines) is 1. The molecule has 17 heavy (non-hydrogen) atoms. The fraction of sp³-hybridized carbons (Fsp3) is 0.833.